The molecule has 1 aromatic heterocycles. The lowest BCUT2D eigenvalue weighted by molar-refractivity contribution is -0.116. The second-order valence-electron chi connectivity index (χ2n) is 7.57. The predicted molar refractivity (Wildman–Crippen MR) is 123 cm³/mol. The second kappa shape index (κ2) is 9.39. The molecule has 0 bridgehead atoms. The summed E-state index contributed by atoms with van der Waals surface area (Å²) in [5, 5.41) is 3.28. The molecule has 0 spiro atoms. The first kappa shape index (κ1) is 21.2. The smallest absolute Gasteiger partial charge is 0.257 e. The normalized spacial score (nSPS) is 15.3. The molecule has 0 radical (unpaired) electrons. The minimum atomic E-state index is -0.337. The lowest BCUT2D eigenvalue weighted by Gasteiger charge is -2.24. The molecule has 2 aromatic carbocycles. The molecular formula is C24H25N3O3S. The standard InChI is InChI=1S/C24H25N3O3S/c1-3-12-30-18-10-8-16(9-11-18)19-13-20(28)25-22-21(19)23(29)27-24(26-22)31-14-17-7-5-4-6-15(17)2/h4-11,19H,3,12-14H2,1-2H3,(H2,25,26,27,28,29)/t19-/m1/s1. The Bertz CT molecular complexity index is 1140. The van der Waals surface area contributed by atoms with E-state index >= 15 is 0 Å². The van der Waals surface area contributed by atoms with Crippen molar-refractivity contribution in [1.29, 1.82) is 0 Å². The number of ether oxygens (including phenoxy) is 1. The highest BCUT2D eigenvalue weighted by Crippen LogP contribution is 2.35. The summed E-state index contributed by atoms with van der Waals surface area (Å²) in [6, 6.07) is 15.7. The molecule has 0 unspecified atom stereocenters. The molecule has 4 rings (SSSR count). The summed E-state index contributed by atoms with van der Waals surface area (Å²) in [4.78, 5) is 32.8. The highest BCUT2D eigenvalue weighted by atomic mass is 32.2. The molecule has 3 aromatic rings. The van der Waals surface area contributed by atoms with Gasteiger partial charge in [0.2, 0.25) is 5.91 Å². The summed E-state index contributed by atoms with van der Waals surface area (Å²) in [7, 11) is 0. The van der Waals surface area contributed by atoms with Gasteiger partial charge in [0.25, 0.3) is 5.56 Å². The molecule has 1 aliphatic rings. The number of aryl methyl sites for hydroxylation is 1. The number of anilines is 1. The number of hydrogen-bond donors (Lipinski definition) is 2. The van der Waals surface area contributed by atoms with Gasteiger partial charge >= 0.3 is 0 Å². The number of carbonyl (C=O) groups is 1. The van der Waals surface area contributed by atoms with Gasteiger partial charge in [0.05, 0.1) is 12.2 Å². The first-order valence-corrected chi connectivity index (χ1v) is 11.4. The summed E-state index contributed by atoms with van der Waals surface area (Å²) in [5.41, 5.74) is 3.55. The van der Waals surface area contributed by atoms with Crippen molar-refractivity contribution >= 4 is 23.5 Å². The second-order valence-corrected chi connectivity index (χ2v) is 8.53. The average Bonchev–Trinajstić information content (AvgIpc) is 2.76. The Morgan fingerprint density at radius 3 is 2.65 bits per heavy atom. The highest BCUT2D eigenvalue weighted by molar-refractivity contribution is 7.98. The third-order valence-electron chi connectivity index (χ3n) is 5.31. The van der Waals surface area contributed by atoms with Crippen LogP contribution in [0.1, 0.15) is 47.9 Å². The summed E-state index contributed by atoms with van der Waals surface area (Å²) in [5.74, 6) is 1.34. The lowest BCUT2D eigenvalue weighted by atomic mass is 9.87. The minimum absolute atomic E-state index is 0.142. The van der Waals surface area contributed by atoms with E-state index in [0.717, 1.165) is 17.7 Å². The molecule has 2 N–H and O–H groups in total. The van der Waals surface area contributed by atoms with E-state index in [-0.39, 0.29) is 23.8 Å². The van der Waals surface area contributed by atoms with Crippen molar-refractivity contribution in [3.63, 3.8) is 0 Å². The van der Waals surface area contributed by atoms with E-state index in [9.17, 15) is 9.59 Å². The monoisotopic (exact) mass is 435 g/mol. The molecule has 1 aliphatic heterocycles. The van der Waals surface area contributed by atoms with Crippen molar-refractivity contribution in [3.05, 3.63) is 81.1 Å². The van der Waals surface area contributed by atoms with Crippen molar-refractivity contribution in [2.24, 2.45) is 0 Å². The molecule has 6 nitrogen and oxygen atoms in total. The van der Waals surface area contributed by atoms with Gasteiger partial charge in [-0.25, -0.2) is 4.98 Å². The number of amides is 1. The third kappa shape index (κ3) is 4.82. The van der Waals surface area contributed by atoms with Crippen LogP contribution in [-0.2, 0) is 10.5 Å². The summed E-state index contributed by atoms with van der Waals surface area (Å²) in [6.45, 7) is 4.77. The fourth-order valence-electron chi connectivity index (χ4n) is 3.64. The van der Waals surface area contributed by atoms with Crippen LogP contribution in [0.2, 0.25) is 0 Å². The SMILES string of the molecule is CCCOc1ccc([C@H]2CC(=O)Nc3nc(SCc4ccccc4C)[nH]c(=O)c32)cc1. The Balaban J connectivity index is 1.59. The van der Waals surface area contributed by atoms with Crippen LogP contribution in [0, 0.1) is 6.92 Å². The zero-order chi connectivity index (χ0) is 21.8. The van der Waals surface area contributed by atoms with Crippen LogP contribution in [0.25, 0.3) is 0 Å². The first-order valence-electron chi connectivity index (χ1n) is 10.4. The summed E-state index contributed by atoms with van der Waals surface area (Å²) < 4.78 is 5.64. The van der Waals surface area contributed by atoms with Crippen LogP contribution in [-0.4, -0.2) is 22.5 Å². The topological polar surface area (TPSA) is 84.1 Å². The maximum Gasteiger partial charge on any atom is 0.257 e. The molecule has 2 heterocycles. The van der Waals surface area contributed by atoms with Crippen molar-refractivity contribution in [2.45, 2.75) is 43.5 Å². The number of nitrogens with one attached hydrogen (secondary N) is 2. The maximum absolute atomic E-state index is 13.0. The molecule has 160 valence electrons. The van der Waals surface area contributed by atoms with Gasteiger partial charge in [0.1, 0.15) is 11.6 Å². The van der Waals surface area contributed by atoms with Gasteiger partial charge in [0, 0.05) is 18.1 Å². The van der Waals surface area contributed by atoms with Crippen LogP contribution in [0.5, 0.6) is 5.75 Å². The zero-order valence-electron chi connectivity index (χ0n) is 17.6. The van der Waals surface area contributed by atoms with E-state index in [4.69, 9.17) is 4.74 Å². The van der Waals surface area contributed by atoms with Gasteiger partial charge in [-0.1, -0.05) is 55.1 Å². The molecular weight excluding hydrogens is 410 g/mol. The van der Waals surface area contributed by atoms with Gasteiger partial charge in [0.15, 0.2) is 5.16 Å². The van der Waals surface area contributed by atoms with Gasteiger partial charge in [-0.05, 0) is 42.2 Å². The number of thioether (sulfide) groups is 1. The van der Waals surface area contributed by atoms with E-state index in [2.05, 4.69) is 41.3 Å². The minimum Gasteiger partial charge on any atom is -0.494 e. The number of nitrogens with zero attached hydrogens (tertiary/aromatic N) is 1. The Hall–Kier alpha value is -3.06. The fourth-order valence-corrected chi connectivity index (χ4v) is 4.57. The number of H-pyrrole nitrogens is 1. The summed E-state index contributed by atoms with van der Waals surface area (Å²) >= 11 is 1.45. The number of aromatic nitrogens is 2. The number of benzene rings is 2. The van der Waals surface area contributed by atoms with Crippen molar-refractivity contribution < 1.29 is 9.53 Å². The Labute approximate surface area is 185 Å². The van der Waals surface area contributed by atoms with Crippen LogP contribution >= 0.6 is 11.8 Å². The van der Waals surface area contributed by atoms with Gasteiger partial charge in [-0.2, -0.15) is 0 Å². The molecule has 1 atom stereocenters. The Kier molecular flexibility index (Phi) is 6.42. The van der Waals surface area contributed by atoms with E-state index in [0.29, 0.717) is 28.9 Å². The molecule has 0 saturated carbocycles. The molecule has 0 fully saturated rings. The first-order chi connectivity index (χ1) is 15.0. The molecule has 1 amide bonds. The third-order valence-corrected chi connectivity index (χ3v) is 6.23. The Morgan fingerprint density at radius 2 is 1.90 bits per heavy atom. The van der Waals surface area contributed by atoms with Gasteiger partial charge < -0.3 is 15.0 Å². The molecule has 31 heavy (non-hydrogen) atoms. The lowest BCUT2D eigenvalue weighted by Crippen LogP contribution is -2.31. The molecule has 7 heteroatoms. The van der Waals surface area contributed by atoms with Gasteiger partial charge in [-0.3, -0.25) is 9.59 Å². The van der Waals surface area contributed by atoms with E-state index in [1.165, 1.54) is 22.9 Å². The molecule has 0 aliphatic carbocycles. The van der Waals surface area contributed by atoms with Crippen molar-refractivity contribution in [3.8, 4) is 5.75 Å². The molecule has 0 saturated heterocycles. The number of carbonyl (C=O) groups excluding carboxylic acids is 1. The maximum atomic E-state index is 13.0. The van der Waals surface area contributed by atoms with Crippen LogP contribution in [0.15, 0.2) is 58.5 Å². The average molecular weight is 436 g/mol. The van der Waals surface area contributed by atoms with Gasteiger partial charge in [-0.15, -0.1) is 0 Å². The zero-order valence-corrected chi connectivity index (χ0v) is 18.4. The fraction of sp³-hybridized carbons (Fsp3) is 0.292. The number of rotatable bonds is 7. The van der Waals surface area contributed by atoms with Crippen LogP contribution in [0.3, 0.4) is 0 Å². The van der Waals surface area contributed by atoms with Crippen molar-refractivity contribution in [1.82, 2.24) is 9.97 Å². The predicted octanol–water partition coefficient (Wildman–Crippen LogP) is 4.63. The van der Waals surface area contributed by atoms with Crippen LogP contribution < -0.4 is 15.6 Å². The summed E-state index contributed by atoms with van der Waals surface area (Å²) in [6.07, 6.45) is 1.14. The Morgan fingerprint density at radius 1 is 1.13 bits per heavy atom. The number of aromatic amines is 1. The number of fused-ring (bicyclic) bond motifs is 1. The number of hydrogen-bond acceptors (Lipinski definition) is 5. The van der Waals surface area contributed by atoms with E-state index in [1.807, 2.05) is 36.4 Å². The highest BCUT2D eigenvalue weighted by Gasteiger charge is 2.31. The largest absolute Gasteiger partial charge is 0.494 e. The van der Waals surface area contributed by atoms with Crippen LogP contribution in [0.4, 0.5) is 5.82 Å². The van der Waals surface area contributed by atoms with Crippen molar-refractivity contribution in [2.75, 3.05) is 11.9 Å². The van der Waals surface area contributed by atoms with E-state index in [1.54, 1.807) is 0 Å². The van der Waals surface area contributed by atoms with E-state index < -0.39 is 0 Å². The quantitative estimate of drug-likeness (QED) is 0.417.